The first-order valence-electron chi connectivity index (χ1n) is 8.55. The molecule has 0 atom stereocenters. The van der Waals surface area contributed by atoms with Gasteiger partial charge in [0.05, 0.1) is 16.8 Å². The van der Waals surface area contributed by atoms with Gasteiger partial charge >= 0.3 is 0 Å². The maximum atomic E-state index is 12.5. The standard InChI is InChI=1S/C18H22N4O3S/c1-14(23)20-15-5-8-17(9-6-15)26(24,25)21-18-10-7-16(13-19-18)22-11-3-2-4-12-22/h5-10,13H,2-4,11-12H2,1H3,(H,19,21)(H,20,23). The summed E-state index contributed by atoms with van der Waals surface area (Å²) in [6.45, 7) is 3.41. The zero-order valence-electron chi connectivity index (χ0n) is 14.6. The SMILES string of the molecule is CC(=O)Nc1ccc(S(=O)(=O)Nc2ccc(N3CCCCC3)cn2)cc1. The molecule has 138 valence electrons. The molecule has 1 amide bonds. The van der Waals surface area contributed by atoms with Crippen molar-refractivity contribution in [3.05, 3.63) is 42.6 Å². The highest BCUT2D eigenvalue weighted by Gasteiger charge is 2.16. The Hall–Kier alpha value is -2.61. The minimum absolute atomic E-state index is 0.105. The van der Waals surface area contributed by atoms with E-state index < -0.39 is 10.0 Å². The van der Waals surface area contributed by atoms with Crippen molar-refractivity contribution < 1.29 is 13.2 Å². The number of piperidine rings is 1. The van der Waals surface area contributed by atoms with Gasteiger partial charge in [0, 0.05) is 25.7 Å². The fourth-order valence-electron chi connectivity index (χ4n) is 2.90. The Morgan fingerprint density at radius 1 is 1.04 bits per heavy atom. The number of hydrogen-bond donors (Lipinski definition) is 2. The second kappa shape index (κ2) is 7.74. The lowest BCUT2D eigenvalue weighted by atomic mass is 10.1. The second-order valence-electron chi connectivity index (χ2n) is 6.26. The van der Waals surface area contributed by atoms with E-state index in [0.717, 1.165) is 18.8 Å². The molecule has 0 aliphatic carbocycles. The van der Waals surface area contributed by atoms with Crippen LogP contribution in [-0.2, 0) is 14.8 Å². The van der Waals surface area contributed by atoms with E-state index in [1.54, 1.807) is 24.4 Å². The Labute approximate surface area is 153 Å². The number of benzene rings is 1. The number of nitrogens with zero attached hydrogens (tertiary/aromatic N) is 2. The van der Waals surface area contributed by atoms with Crippen LogP contribution >= 0.6 is 0 Å². The fourth-order valence-corrected chi connectivity index (χ4v) is 3.91. The number of anilines is 3. The molecular formula is C18H22N4O3S. The molecule has 1 aromatic carbocycles. The number of hydrogen-bond acceptors (Lipinski definition) is 5. The molecule has 0 saturated carbocycles. The lowest BCUT2D eigenvalue weighted by molar-refractivity contribution is -0.114. The number of amides is 1. The summed E-state index contributed by atoms with van der Waals surface area (Å²) in [4.78, 5) is 17.6. The molecule has 8 heteroatoms. The third kappa shape index (κ3) is 4.51. The zero-order valence-corrected chi connectivity index (χ0v) is 15.4. The van der Waals surface area contributed by atoms with Gasteiger partial charge in [0.1, 0.15) is 5.82 Å². The third-order valence-electron chi connectivity index (χ3n) is 4.19. The Morgan fingerprint density at radius 2 is 1.73 bits per heavy atom. The van der Waals surface area contributed by atoms with Gasteiger partial charge in [-0.1, -0.05) is 0 Å². The van der Waals surface area contributed by atoms with Gasteiger partial charge in [0.2, 0.25) is 5.91 Å². The summed E-state index contributed by atoms with van der Waals surface area (Å²) < 4.78 is 27.4. The van der Waals surface area contributed by atoms with Crippen LogP contribution in [0.2, 0.25) is 0 Å². The number of pyridine rings is 1. The topological polar surface area (TPSA) is 91.4 Å². The maximum Gasteiger partial charge on any atom is 0.263 e. The van der Waals surface area contributed by atoms with Crippen molar-refractivity contribution in [2.45, 2.75) is 31.1 Å². The van der Waals surface area contributed by atoms with E-state index in [0.29, 0.717) is 5.69 Å². The van der Waals surface area contributed by atoms with Gasteiger partial charge in [-0.3, -0.25) is 9.52 Å². The monoisotopic (exact) mass is 374 g/mol. The van der Waals surface area contributed by atoms with Gasteiger partial charge in [-0.25, -0.2) is 13.4 Å². The minimum Gasteiger partial charge on any atom is -0.370 e. The van der Waals surface area contributed by atoms with Gasteiger partial charge in [-0.2, -0.15) is 0 Å². The highest BCUT2D eigenvalue weighted by Crippen LogP contribution is 2.22. The van der Waals surface area contributed by atoms with Crippen molar-refractivity contribution in [3.63, 3.8) is 0 Å². The molecule has 26 heavy (non-hydrogen) atoms. The Kier molecular flexibility index (Phi) is 5.41. The first-order chi connectivity index (χ1) is 12.4. The van der Waals surface area contributed by atoms with Crippen LogP contribution < -0.4 is 14.9 Å². The van der Waals surface area contributed by atoms with Crippen molar-refractivity contribution in [3.8, 4) is 0 Å². The summed E-state index contributed by atoms with van der Waals surface area (Å²) in [6, 6.07) is 9.53. The number of carbonyl (C=O) groups is 1. The van der Waals surface area contributed by atoms with Crippen LogP contribution in [0.4, 0.5) is 17.2 Å². The molecule has 0 bridgehead atoms. The molecule has 3 rings (SSSR count). The largest absolute Gasteiger partial charge is 0.370 e. The smallest absolute Gasteiger partial charge is 0.263 e. The van der Waals surface area contributed by atoms with Crippen molar-refractivity contribution in [1.29, 1.82) is 0 Å². The first kappa shape index (κ1) is 18.2. The molecule has 1 fully saturated rings. The molecule has 2 N–H and O–H groups in total. The molecule has 1 saturated heterocycles. The van der Waals surface area contributed by atoms with E-state index >= 15 is 0 Å². The van der Waals surface area contributed by atoms with Crippen molar-refractivity contribution in [2.75, 3.05) is 28.0 Å². The van der Waals surface area contributed by atoms with Crippen LogP contribution in [0.1, 0.15) is 26.2 Å². The van der Waals surface area contributed by atoms with Crippen LogP contribution in [0.25, 0.3) is 0 Å². The van der Waals surface area contributed by atoms with Crippen LogP contribution in [0.3, 0.4) is 0 Å². The van der Waals surface area contributed by atoms with Gasteiger partial charge in [0.25, 0.3) is 10.0 Å². The molecule has 1 aromatic heterocycles. The maximum absolute atomic E-state index is 12.5. The Balaban J connectivity index is 1.69. The predicted octanol–water partition coefficient (Wildman–Crippen LogP) is 2.83. The van der Waals surface area contributed by atoms with E-state index in [1.165, 1.54) is 38.3 Å². The summed E-state index contributed by atoms with van der Waals surface area (Å²) in [5.41, 5.74) is 1.55. The summed E-state index contributed by atoms with van der Waals surface area (Å²) in [7, 11) is -3.74. The van der Waals surface area contributed by atoms with E-state index in [-0.39, 0.29) is 16.6 Å². The second-order valence-corrected chi connectivity index (χ2v) is 7.94. The van der Waals surface area contributed by atoms with E-state index in [4.69, 9.17) is 0 Å². The molecular weight excluding hydrogens is 352 g/mol. The van der Waals surface area contributed by atoms with Crippen molar-refractivity contribution >= 4 is 33.1 Å². The van der Waals surface area contributed by atoms with Crippen LogP contribution in [0.5, 0.6) is 0 Å². The van der Waals surface area contributed by atoms with Gasteiger partial charge in [-0.05, 0) is 55.7 Å². The summed E-state index contributed by atoms with van der Waals surface area (Å²) >= 11 is 0. The number of aromatic nitrogens is 1. The minimum atomic E-state index is -3.74. The number of rotatable bonds is 5. The molecule has 0 unspecified atom stereocenters. The number of nitrogens with one attached hydrogen (secondary N) is 2. The van der Waals surface area contributed by atoms with Crippen molar-refractivity contribution in [2.24, 2.45) is 0 Å². The highest BCUT2D eigenvalue weighted by atomic mass is 32.2. The number of carbonyl (C=O) groups excluding carboxylic acids is 1. The lowest BCUT2D eigenvalue weighted by Gasteiger charge is -2.28. The highest BCUT2D eigenvalue weighted by molar-refractivity contribution is 7.92. The summed E-state index contributed by atoms with van der Waals surface area (Å²) in [6.07, 6.45) is 5.29. The van der Waals surface area contributed by atoms with Crippen LogP contribution in [0.15, 0.2) is 47.5 Å². The number of sulfonamides is 1. The Morgan fingerprint density at radius 3 is 2.31 bits per heavy atom. The van der Waals surface area contributed by atoms with Gasteiger partial charge in [-0.15, -0.1) is 0 Å². The third-order valence-corrected chi connectivity index (χ3v) is 5.56. The van der Waals surface area contributed by atoms with Gasteiger partial charge < -0.3 is 10.2 Å². The van der Waals surface area contributed by atoms with Gasteiger partial charge in [0.15, 0.2) is 0 Å². The summed E-state index contributed by atoms with van der Waals surface area (Å²) in [5, 5.41) is 2.60. The molecule has 1 aliphatic rings. The van der Waals surface area contributed by atoms with Crippen molar-refractivity contribution in [1.82, 2.24) is 4.98 Å². The van der Waals surface area contributed by atoms with E-state index in [1.807, 2.05) is 6.07 Å². The molecule has 0 radical (unpaired) electrons. The average molecular weight is 374 g/mol. The molecule has 2 aromatic rings. The first-order valence-corrected chi connectivity index (χ1v) is 10.0. The van der Waals surface area contributed by atoms with Crippen LogP contribution in [0, 0.1) is 0 Å². The lowest BCUT2D eigenvalue weighted by Crippen LogP contribution is -2.29. The van der Waals surface area contributed by atoms with E-state index in [2.05, 4.69) is 19.9 Å². The average Bonchev–Trinajstić information content (AvgIpc) is 2.63. The van der Waals surface area contributed by atoms with Crippen LogP contribution in [-0.4, -0.2) is 32.4 Å². The predicted molar refractivity (Wildman–Crippen MR) is 102 cm³/mol. The van der Waals surface area contributed by atoms with E-state index in [9.17, 15) is 13.2 Å². The zero-order chi connectivity index (χ0) is 18.6. The summed E-state index contributed by atoms with van der Waals surface area (Å²) in [5.74, 6) is 0.0634. The molecule has 0 spiro atoms. The fraction of sp³-hybridized carbons (Fsp3) is 0.333. The quantitative estimate of drug-likeness (QED) is 0.840. The molecule has 7 nitrogen and oxygen atoms in total. The normalized spacial score (nSPS) is 14.7. The molecule has 2 heterocycles. The Bertz CT molecular complexity index is 858. The molecule has 1 aliphatic heterocycles.